The van der Waals surface area contributed by atoms with E-state index >= 15 is 0 Å². The summed E-state index contributed by atoms with van der Waals surface area (Å²) in [4.78, 5) is 12.6. The lowest BCUT2D eigenvalue weighted by Crippen LogP contribution is -2.57. The normalized spacial score (nSPS) is 55.7. The Morgan fingerprint density at radius 3 is 2.35 bits per heavy atom. The standard InChI is InChI=1S/C30H48O/c1-20-10-11-27(5)18-28(6)16-22(25(27)21(20)2)8-9-23-24-17-26(3,4)12-14-30(24,19-31)15-13-29(23,28)7/h9,19-22,24-25H,8,10-18H2,1-7H3/t20-,21?,22-,24?,25+,27?,28-,29+,30+/m0/s1. The van der Waals surface area contributed by atoms with E-state index < -0.39 is 0 Å². The molecule has 0 amide bonds. The highest BCUT2D eigenvalue weighted by Crippen LogP contribution is 2.73. The molecule has 31 heavy (non-hydrogen) atoms. The van der Waals surface area contributed by atoms with Gasteiger partial charge in [0.15, 0.2) is 0 Å². The van der Waals surface area contributed by atoms with E-state index in [9.17, 15) is 4.79 Å². The van der Waals surface area contributed by atoms with Crippen molar-refractivity contribution in [2.24, 2.45) is 56.7 Å². The van der Waals surface area contributed by atoms with E-state index in [1.165, 1.54) is 57.7 Å². The first-order valence-corrected chi connectivity index (χ1v) is 13.6. The predicted molar refractivity (Wildman–Crippen MR) is 130 cm³/mol. The molecule has 2 bridgehead atoms. The number of hydrogen-bond donors (Lipinski definition) is 0. The summed E-state index contributed by atoms with van der Waals surface area (Å²) in [5, 5.41) is 0. The first-order chi connectivity index (χ1) is 14.4. The van der Waals surface area contributed by atoms with Crippen molar-refractivity contribution in [3.63, 3.8) is 0 Å². The molecule has 0 aromatic heterocycles. The summed E-state index contributed by atoms with van der Waals surface area (Å²) in [6, 6.07) is 0. The van der Waals surface area contributed by atoms with Gasteiger partial charge in [-0.05, 0) is 115 Å². The van der Waals surface area contributed by atoms with Gasteiger partial charge in [-0.1, -0.05) is 60.1 Å². The van der Waals surface area contributed by atoms with E-state index in [1.807, 2.05) is 0 Å². The SMILES string of the molecule is CC1[C@@H]2[C@H]3CC=C4C5CC(C)(C)CC[C@]5(C=O)CC[C@@]4(C)[C@@](C)(C3)CC2(C)CC[C@@H]1C. The molecule has 0 N–H and O–H groups in total. The second kappa shape index (κ2) is 6.73. The van der Waals surface area contributed by atoms with Crippen LogP contribution in [0, 0.1) is 56.7 Å². The topological polar surface area (TPSA) is 17.1 Å². The molecule has 5 aliphatic carbocycles. The number of rotatable bonds is 1. The third-order valence-electron chi connectivity index (χ3n) is 12.5. The maximum absolute atomic E-state index is 12.6. The highest BCUT2D eigenvalue weighted by Gasteiger charge is 2.64. The molecule has 0 aromatic rings. The molecule has 0 aromatic carbocycles. The minimum atomic E-state index is -0.0753. The van der Waals surface area contributed by atoms with Gasteiger partial charge in [-0.15, -0.1) is 0 Å². The molecule has 0 heterocycles. The summed E-state index contributed by atoms with van der Waals surface area (Å²) >= 11 is 0. The van der Waals surface area contributed by atoms with Crippen LogP contribution >= 0.6 is 0 Å². The van der Waals surface area contributed by atoms with E-state index in [1.54, 1.807) is 5.57 Å². The van der Waals surface area contributed by atoms with Crippen molar-refractivity contribution < 1.29 is 4.79 Å². The van der Waals surface area contributed by atoms with Gasteiger partial charge in [-0.25, -0.2) is 0 Å². The van der Waals surface area contributed by atoms with Crippen molar-refractivity contribution >= 4 is 6.29 Å². The molecule has 0 aliphatic heterocycles. The summed E-state index contributed by atoms with van der Waals surface area (Å²) in [6.07, 6.45) is 16.9. The zero-order chi connectivity index (χ0) is 22.4. The highest BCUT2D eigenvalue weighted by atomic mass is 16.1. The molecule has 9 atom stereocenters. The number of carbonyl (C=O) groups excluding carboxylic acids is 1. The van der Waals surface area contributed by atoms with Gasteiger partial charge in [0.1, 0.15) is 6.29 Å². The fraction of sp³-hybridized carbons (Fsp3) is 0.900. The Morgan fingerprint density at radius 2 is 1.65 bits per heavy atom. The quantitative estimate of drug-likeness (QED) is 0.306. The van der Waals surface area contributed by atoms with Crippen molar-refractivity contribution in [2.45, 2.75) is 113 Å². The van der Waals surface area contributed by atoms with Crippen molar-refractivity contribution in [2.75, 3.05) is 0 Å². The Morgan fingerprint density at radius 1 is 0.935 bits per heavy atom. The first kappa shape index (κ1) is 22.2. The molecule has 0 spiro atoms. The van der Waals surface area contributed by atoms with E-state index in [0.29, 0.717) is 22.2 Å². The molecule has 174 valence electrons. The van der Waals surface area contributed by atoms with Gasteiger partial charge in [-0.3, -0.25) is 0 Å². The number of carbonyl (C=O) groups is 1. The van der Waals surface area contributed by atoms with Gasteiger partial charge in [0.05, 0.1) is 0 Å². The Balaban J connectivity index is 1.61. The van der Waals surface area contributed by atoms with E-state index in [0.717, 1.165) is 36.5 Å². The molecule has 5 aliphatic rings. The van der Waals surface area contributed by atoms with Gasteiger partial charge in [0.2, 0.25) is 0 Å². The lowest BCUT2D eigenvalue weighted by Gasteiger charge is -2.65. The molecule has 5 rings (SSSR count). The predicted octanol–water partition coefficient (Wildman–Crippen LogP) is 8.23. The summed E-state index contributed by atoms with van der Waals surface area (Å²) < 4.78 is 0. The lowest BCUT2D eigenvalue weighted by molar-refractivity contribution is -0.143. The summed E-state index contributed by atoms with van der Waals surface area (Å²) in [5.41, 5.74) is 3.17. The zero-order valence-corrected chi connectivity index (χ0v) is 21.5. The van der Waals surface area contributed by atoms with Crippen molar-refractivity contribution in [1.29, 1.82) is 0 Å². The molecule has 0 saturated heterocycles. The summed E-state index contributed by atoms with van der Waals surface area (Å²) in [6.45, 7) is 18.0. The second-order valence-electron chi connectivity index (χ2n) is 14.8. The van der Waals surface area contributed by atoms with Crippen molar-refractivity contribution in [3.8, 4) is 0 Å². The monoisotopic (exact) mass is 424 g/mol. The Kier molecular flexibility index (Phi) is 4.82. The lowest BCUT2D eigenvalue weighted by atomic mass is 9.39. The van der Waals surface area contributed by atoms with Crippen molar-refractivity contribution in [1.82, 2.24) is 0 Å². The fourth-order valence-electron chi connectivity index (χ4n) is 10.3. The van der Waals surface area contributed by atoms with Crippen LogP contribution in [0.5, 0.6) is 0 Å². The maximum Gasteiger partial charge on any atom is 0.126 e. The summed E-state index contributed by atoms with van der Waals surface area (Å²) in [7, 11) is 0. The molecule has 4 fully saturated rings. The molecule has 1 heteroatoms. The van der Waals surface area contributed by atoms with Crippen LogP contribution in [0.4, 0.5) is 0 Å². The van der Waals surface area contributed by atoms with Crippen molar-refractivity contribution in [3.05, 3.63) is 11.6 Å². The Bertz CT molecular complexity index is 792. The molecule has 4 saturated carbocycles. The minimum absolute atomic E-state index is 0.0753. The Labute approximate surface area is 192 Å². The number of hydrogen-bond acceptors (Lipinski definition) is 1. The third-order valence-corrected chi connectivity index (χ3v) is 12.5. The van der Waals surface area contributed by atoms with Gasteiger partial charge in [-0.2, -0.15) is 0 Å². The molecular formula is C30H48O. The van der Waals surface area contributed by atoms with Gasteiger partial charge >= 0.3 is 0 Å². The van der Waals surface area contributed by atoms with Crippen LogP contribution in [0.25, 0.3) is 0 Å². The fourth-order valence-corrected chi connectivity index (χ4v) is 10.3. The van der Waals surface area contributed by atoms with E-state index in [4.69, 9.17) is 0 Å². The number of allylic oxidation sites excluding steroid dienone is 2. The second-order valence-corrected chi connectivity index (χ2v) is 14.8. The molecular weight excluding hydrogens is 376 g/mol. The van der Waals surface area contributed by atoms with Crippen LogP contribution in [0.3, 0.4) is 0 Å². The number of fused-ring (bicyclic) bond motifs is 8. The van der Waals surface area contributed by atoms with Gasteiger partial charge < -0.3 is 4.79 Å². The van der Waals surface area contributed by atoms with E-state index in [-0.39, 0.29) is 10.8 Å². The summed E-state index contributed by atoms with van der Waals surface area (Å²) in [5.74, 6) is 3.91. The highest BCUT2D eigenvalue weighted by molar-refractivity contribution is 5.63. The van der Waals surface area contributed by atoms with Crippen LogP contribution in [0.15, 0.2) is 11.6 Å². The average molecular weight is 425 g/mol. The molecule has 1 nitrogen and oxygen atoms in total. The molecule has 3 unspecified atom stereocenters. The third kappa shape index (κ3) is 2.96. The number of aldehydes is 1. The van der Waals surface area contributed by atoms with E-state index in [2.05, 4.69) is 54.5 Å². The van der Waals surface area contributed by atoms with Crippen LogP contribution in [0.1, 0.15) is 113 Å². The largest absolute Gasteiger partial charge is 0.303 e. The van der Waals surface area contributed by atoms with Crippen LogP contribution in [-0.4, -0.2) is 6.29 Å². The van der Waals surface area contributed by atoms with Crippen LogP contribution < -0.4 is 0 Å². The van der Waals surface area contributed by atoms with Gasteiger partial charge in [0.25, 0.3) is 0 Å². The van der Waals surface area contributed by atoms with Gasteiger partial charge in [0, 0.05) is 5.41 Å². The smallest absolute Gasteiger partial charge is 0.126 e. The van der Waals surface area contributed by atoms with Crippen LogP contribution in [0.2, 0.25) is 0 Å². The first-order valence-electron chi connectivity index (χ1n) is 13.6. The maximum atomic E-state index is 12.6. The Hall–Kier alpha value is -0.590. The zero-order valence-electron chi connectivity index (χ0n) is 21.5. The average Bonchev–Trinajstić information content (AvgIpc) is 2.78. The van der Waals surface area contributed by atoms with Crippen LogP contribution in [-0.2, 0) is 4.79 Å². The minimum Gasteiger partial charge on any atom is -0.303 e. The molecule has 0 radical (unpaired) electrons.